The van der Waals surface area contributed by atoms with Crippen LogP contribution in [0.1, 0.15) is 0 Å². The lowest BCUT2D eigenvalue weighted by Crippen LogP contribution is -2.02. The van der Waals surface area contributed by atoms with Crippen LogP contribution in [0.25, 0.3) is 0 Å². The Kier molecular flexibility index (Phi) is 3.51. The molecule has 0 bridgehead atoms. The predicted molar refractivity (Wildman–Crippen MR) is 72.4 cm³/mol. The highest BCUT2D eigenvalue weighted by atomic mass is 79.9. The number of halogens is 2. The summed E-state index contributed by atoms with van der Waals surface area (Å²) in [4.78, 5) is 15.5. The molecule has 0 radical (unpaired) electrons. The third kappa shape index (κ3) is 2.77. The molecule has 0 heterocycles. The molecule has 0 aliphatic heterocycles. The standard InChI is InChI=1S/C12H7Br2NO/c13-8-1-3-9(4-2-8)15-12-6-5-10(16)7-11(12)14/h1-7H. The normalized spacial score (nSPS) is 17.8. The number of aliphatic imine (C=N–C) groups is 1. The first-order chi connectivity index (χ1) is 7.65. The summed E-state index contributed by atoms with van der Waals surface area (Å²) in [5.41, 5.74) is 1.60. The van der Waals surface area contributed by atoms with E-state index in [1.54, 1.807) is 6.08 Å². The van der Waals surface area contributed by atoms with Gasteiger partial charge < -0.3 is 0 Å². The third-order valence-electron chi connectivity index (χ3n) is 2.00. The largest absolute Gasteiger partial charge is 0.290 e. The van der Waals surface area contributed by atoms with Crippen LogP contribution in [0.15, 0.2) is 56.4 Å². The van der Waals surface area contributed by atoms with E-state index in [1.165, 1.54) is 12.2 Å². The van der Waals surface area contributed by atoms with Gasteiger partial charge in [0.1, 0.15) is 0 Å². The summed E-state index contributed by atoms with van der Waals surface area (Å²) < 4.78 is 1.73. The lowest BCUT2D eigenvalue weighted by molar-refractivity contribution is -0.110. The van der Waals surface area contributed by atoms with Crippen LogP contribution < -0.4 is 0 Å². The zero-order chi connectivity index (χ0) is 11.5. The summed E-state index contributed by atoms with van der Waals surface area (Å²) in [5.74, 6) is -0.0263. The van der Waals surface area contributed by atoms with E-state index in [4.69, 9.17) is 0 Å². The van der Waals surface area contributed by atoms with E-state index < -0.39 is 0 Å². The van der Waals surface area contributed by atoms with Crippen molar-refractivity contribution in [2.45, 2.75) is 0 Å². The molecule has 0 saturated heterocycles. The molecule has 0 N–H and O–H groups in total. The Morgan fingerprint density at radius 1 is 1.00 bits per heavy atom. The van der Waals surface area contributed by atoms with Crippen molar-refractivity contribution in [1.29, 1.82) is 0 Å². The molecule has 0 amide bonds. The van der Waals surface area contributed by atoms with E-state index in [-0.39, 0.29) is 5.78 Å². The number of ketones is 1. The third-order valence-corrected chi connectivity index (χ3v) is 3.16. The molecule has 1 aliphatic rings. The summed E-state index contributed by atoms with van der Waals surface area (Å²) >= 11 is 6.68. The quantitative estimate of drug-likeness (QED) is 0.712. The molecule has 16 heavy (non-hydrogen) atoms. The van der Waals surface area contributed by atoms with Crippen molar-refractivity contribution in [2.75, 3.05) is 0 Å². The molecule has 1 aromatic rings. The van der Waals surface area contributed by atoms with Crippen LogP contribution in [-0.4, -0.2) is 11.5 Å². The van der Waals surface area contributed by atoms with E-state index in [0.717, 1.165) is 15.9 Å². The SMILES string of the molecule is O=C1C=CC(=Nc2ccc(Br)cc2)C(Br)=C1. The fourth-order valence-electron chi connectivity index (χ4n) is 1.23. The topological polar surface area (TPSA) is 29.4 Å². The highest BCUT2D eigenvalue weighted by molar-refractivity contribution is 9.12. The molecule has 1 aromatic carbocycles. The number of carbonyl (C=O) groups is 1. The molecule has 0 saturated carbocycles. The maximum Gasteiger partial charge on any atom is 0.179 e. The van der Waals surface area contributed by atoms with Crippen LogP contribution in [-0.2, 0) is 4.79 Å². The molecule has 1 aliphatic carbocycles. The average Bonchev–Trinajstić information content (AvgIpc) is 2.25. The summed E-state index contributed by atoms with van der Waals surface area (Å²) in [5, 5.41) is 0. The number of nitrogens with zero attached hydrogens (tertiary/aromatic N) is 1. The van der Waals surface area contributed by atoms with Gasteiger partial charge in [0.05, 0.1) is 11.4 Å². The lowest BCUT2D eigenvalue weighted by Gasteiger charge is -2.04. The average molecular weight is 341 g/mol. The smallest absolute Gasteiger partial charge is 0.179 e. The number of rotatable bonds is 1. The maximum absolute atomic E-state index is 11.1. The number of benzene rings is 1. The van der Waals surface area contributed by atoms with Crippen molar-refractivity contribution in [3.8, 4) is 0 Å². The Bertz CT molecular complexity index is 512. The summed E-state index contributed by atoms with van der Waals surface area (Å²) in [6.45, 7) is 0. The molecule has 80 valence electrons. The van der Waals surface area contributed by atoms with Crippen LogP contribution in [0.4, 0.5) is 5.69 Å². The number of allylic oxidation sites excluding steroid dienone is 4. The van der Waals surface area contributed by atoms with E-state index in [9.17, 15) is 4.79 Å². The van der Waals surface area contributed by atoms with E-state index >= 15 is 0 Å². The first-order valence-electron chi connectivity index (χ1n) is 4.59. The monoisotopic (exact) mass is 339 g/mol. The zero-order valence-corrected chi connectivity index (χ0v) is 11.3. The highest BCUT2D eigenvalue weighted by Gasteiger charge is 2.08. The summed E-state index contributed by atoms with van der Waals surface area (Å²) in [6, 6.07) is 7.66. The minimum absolute atomic E-state index is 0.0263. The fourth-order valence-corrected chi connectivity index (χ4v) is 1.94. The van der Waals surface area contributed by atoms with Gasteiger partial charge in [0, 0.05) is 15.0 Å². The van der Waals surface area contributed by atoms with Crippen LogP contribution in [0, 0.1) is 0 Å². The second kappa shape index (κ2) is 4.89. The Balaban J connectivity index is 2.32. The Morgan fingerprint density at radius 3 is 2.31 bits per heavy atom. The second-order valence-electron chi connectivity index (χ2n) is 3.20. The van der Waals surface area contributed by atoms with Gasteiger partial charge in [0.25, 0.3) is 0 Å². The fraction of sp³-hybridized carbons (Fsp3) is 0. The summed E-state index contributed by atoms with van der Waals surface area (Å²) in [7, 11) is 0. The maximum atomic E-state index is 11.1. The highest BCUT2D eigenvalue weighted by Crippen LogP contribution is 2.21. The van der Waals surface area contributed by atoms with Crippen LogP contribution in [0.3, 0.4) is 0 Å². The first-order valence-corrected chi connectivity index (χ1v) is 6.17. The van der Waals surface area contributed by atoms with Crippen molar-refractivity contribution in [1.82, 2.24) is 0 Å². The summed E-state index contributed by atoms with van der Waals surface area (Å²) in [6.07, 6.45) is 4.72. The number of hydrogen-bond acceptors (Lipinski definition) is 2. The Labute approximate surface area is 110 Å². The lowest BCUT2D eigenvalue weighted by atomic mass is 10.1. The van der Waals surface area contributed by atoms with Gasteiger partial charge in [-0.3, -0.25) is 4.79 Å². The van der Waals surface area contributed by atoms with Crippen LogP contribution in [0.2, 0.25) is 0 Å². The second-order valence-corrected chi connectivity index (χ2v) is 4.97. The molecule has 0 atom stereocenters. The van der Waals surface area contributed by atoms with Crippen molar-refractivity contribution >= 4 is 49.0 Å². The van der Waals surface area contributed by atoms with E-state index in [2.05, 4.69) is 36.9 Å². The Hall–Kier alpha value is -1.000. The number of hydrogen-bond donors (Lipinski definition) is 0. The van der Waals surface area contributed by atoms with Crippen molar-refractivity contribution in [3.63, 3.8) is 0 Å². The predicted octanol–water partition coefficient (Wildman–Crippen LogP) is 3.94. The zero-order valence-electron chi connectivity index (χ0n) is 8.15. The van der Waals surface area contributed by atoms with Crippen LogP contribution >= 0.6 is 31.9 Å². The molecular weight excluding hydrogens is 334 g/mol. The molecule has 4 heteroatoms. The van der Waals surface area contributed by atoms with Gasteiger partial charge >= 0.3 is 0 Å². The molecule has 2 rings (SSSR count). The van der Waals surface area contributed by atoms with Gasteiger partial charge in [-0.1, -0.05) is 15.9 Å². The van der Waals surface area contributed by atoms with Gasteiger partial charge in [0.15, 0.2) is 5.78 Å². The van der Waals surface area contributed by atoms with Gasteiger partial charge in [-0.15, -0.1) is 0 Å². The van der Waals surface area contributed by atoms with Gasteiger partial charge in [-0.05, 0) is 52.3 Å². The number of carbonyl (C=O) groups excluding carboxylic acids is 1. The molecule has 0 fully saturated rings. The molecule has 0 aromatic heterocycles. The van der Waals surface area contributed by atoms with E-state index in [1.807, 2.05) is 24.3 Å². The minimum atomic E-state index is -0.0263. The first kappa shape index (κ1) is 11.5. The molecule has 2 nitrogen and oxygen atoms in total. The molecule has 0 spiro atoms. The van der Waals surface area contributed by atoms with Crippen molar-refractivity contribution in [2.24, 2.45) is 4.99 Å². The van der Waals surface area contributed by atoms with Gasteiger partial charge in [-0.25, -0.2) is 4.99 Å². The molecule has 0 unspecified atom stereocenters. The van der Waals surface area contributed by atoms with Crippen molar-refractivity contribution < 1.29 is 4.79 Å². The van der Waals surface area contributed by atoms with Crippen molar-refractivity contribution in [3.05, 3.63) is 51.4 Å². The van der Waals surface area contributed by atoms with Gasteiger partial charge in [-0.2, -0.15) is 0 Å². The van der Waals surface area contributed by atoms with Gasteiger partial charge in [0.2, 0.25) is 0 Å². The Morgan fingerprint density at radius 2 is 1.69 bits per heavy atom. The van der Waals surface area contributed by atoms with Crippen LogP contribution in [0.5, 0.6) is 0 Å². The van der Waals surface area contributed by atoms with E-state index in [0.29, 0.717) is 4.48 Å². The minimum Gasteiger partial charge on any atom is -0.290 e. The molecular formula is C12H7Br2NO.